The highest BCUT2D eigenvalue weighted by atomic mass is 79.9. The number of piperidine rings is 1. The molecule has 1 aliphatic heterocycles. The normalized spacial score (nSPS) is 16.4. The molecule has 3 nitrogen and oxygen atoms in total. The Hall–Kier alpha value is -1.03. The number of rotatable bonds is 5. The first-order chi connectivity index (χ1) is 9.29. The van der Waals surface area contributed by atoms with Crippen LogP contribution in [0.4, 0.5) is 0 Å². The fourth-order valence-electron chi connectivity index (χ4n) is 2.27. The minimum absolute atomic E-state index is 0.212. The van der Waals surface area contributed by atoms with E-state index in [4.69, 9.17) is 4.74 Å². The lowest BCUT2D eigenvalue weighted by Crippen LogP contribution is -2.39. The predicted octanol–water partition coefficient (Wildman–Crippen LogP) is 3.09. The number of alkyl halides is 1. The summed E-state index contributed by atoms with van der Waals surface area (Å²) in [5.41, 5.74) is 0. The molecular formula is C15H20BrNO2. The van der Waals surface area contributed by atoms with Gasteiger partial charge in [-0.1, -0.05) is 34.1 Å². The van der Waals surface area contributed by atoms with Gasteiger partial charge in [0.15, 0.2) is 0 Å². The third-order valence-electron chi connectivity index (χ3n) is 3.51. The Morgan fingerprint density at radius 2 is 1.95 bits per heavy atom. The minimum Gasteiger partial charge on any atom is -0.493 e. The topological polar surface area (TPSA) is 29.5 Å². The minimum atomic E-state index is 0.212. The van der Waals surface area contributed by atoms with Crippen molar-refractivity contribution in [3.8, 4) is 5.75 Å². The maximum absolute atomic E-state index is 12.0. The molecule has 104 valence electrons. The lowest BCUT2D eigenvalue weighted by Gasteiger charge is -2.31. The molecule has 2 rings (SSSR count). The maximum atomic E-state index is 12.0. The molecular weight excluding hydrogens is 306 g/mol. The van der Waals surface area contributed by atoms with Gasteiger partial charge in [0.25, 0.3) is 0 Å². The Labute approximate surface area is 123 Å². The first-order valence-corrected chi connectivity index (χ1v) is 7.93. The summed E-state index contributed by atoms with van der Waals surface area (Å²) in [4.78, 5) is 14.0. The molecule has 0 bridgehead atoms. The molecule has 0 aliphatic carbocycles. The number of halogens is 1. The Morgan fingerprint density at radius 1 is 1.26 bits per heavy atom. The molecule has 1 fully saturated rings. The second-order valence-electron chi connectivity index (χ2n) is 4.89. The van der Waals surface area contributed by atoms with Crippen LogP contribution < -0.4 is 4.74 Å². The zero-order valence-corrected chi connectivity index (χ0v) is 12.6. The van der Waals surface area contributed by atoms with E-state index in [-0.39, 0.29) is 5.91 Å². The number of carbonyl (C=O) groups excluding carboxylic acids is 1. The van der Waals surface area contributed by atoms with Crippen LogP contribution in [0.25, 0.3) is 0 Å². The van der Waals surface area contributed by atoms with Crippen molar-refractivity contribution in [3.63, 3.8) is 0 Å². The summed E-state index contributed by atoms with van der Waals surface area (Å²) in [6, 6.07) is 9.63. The summed E-state index contributed by atoms with van der Waals surface area (Å²) in [6.07, 6.45) is 2.68. The summed E-state index contributed by atoms with van der Waals surface area (Å²) in [5, 5.41) is 1.05. The van der Waals surface area contributed by atoms with Crippen LogP contribution in [0.2, 0.25) is 0 Å². The van der Waals surface area contributed by atoms with Crippen LogP contribution in [-0.4, -0.2) is 35.8 Å². The highest BCUT2D eigenvalue weighted by molar-refractivity contribution is 9.09. The lowest BCUT2D eigenvalue weighted by molar-refractivity contribution is -0.133. The molecule has 0 unspecified atom stereocenters. The number of likely N-dealkylation sites (tertiary alicyclic amines) is 1. The monoisotopic (exact) mass is 325 g/mol. The Kier molecular flexibility index (Phi) is 5.70. The molecule has 1 aliphatic rings. The number of ether oxygens (including phenoxy) is 1. The number of hydrogen-bond donors (Lipinski definition) is 0. The van der Waals surface area contributed by atoms with Crippen LogP contribution in [0.5, 0.6) is 5.75 Å². The van der Waals surface area contributed by atoms with Crippen LogP contribution in [0.1, 0.15) is 19.3 Å². The average Bonchev–Trinajstić information content (AvgIpc) is 2.48. The smallest absolute Gasteiger partial charge is 0.225 e. The third kappa shape index (κ3) is 4.53. The van der Waals surface area contributed by atoms with E-state index in [1.54, 1.807) is 0 Å². The molecule has 1 aromatic rings. The number of carbonyl (C=O) groups is 1. The van der Waals surface area contributed by atoms with Crippen LogP contribution in [-0.2, 0) is 4.79 Å². The van der Waals surface area contributed by atoms with E-state index in [1.807, 2.05) is 35.2 Å². The van der Waals surface area contributed by atoms with E-state index in [1.165, 1.54) is 0 Å². The van der Waals surface area contributed by atoms with E-state index in [0.717, 1.165) is 42.9 Å². The van der Waals surface area contributed by atoms with Gasteiger partial charge in [-0.2, -0.15) is 0 Å². The fraction of sp³-hybridized carbons (Fsp3) is 0.533. The van der Waals surface area contributed by atoms with Gasteiger partial charge < -0.3 is 9.64 Å². The van der Waals surface area contributed by atoms with Crippen molar-refractivity contribution >= 4 is 21.8 Å². The maximum Gasteiger partial charge on any atom is 0.225 e. The van der Waals surface area contributed by atoms with Gasteiger partial charge in [0, 0.05) is 18.4 Å². The zero-order chi connectivity index (χ0) is 13.5. The van der Waals surface area contributed by atoms with E-state index in [9.17, 15) is 4.79 Å². The van der Waals surface area contributed by atoms with Crippen LogP contribution in [0.15, 0.2) is 30.3 Å². The van der Waals surface area contributed by atoms with Crippen LogP contribution in [0.3, 0.4) is 0 Å². The molecule has 0 N–H and O–H groups in total. The molecule has 1 heterocycles. The summed E-state index contributed by atoms with van der Waals surface area (Å²) < 4.78 is 5.55. The summed E-state index contributed by atoms with van der Waals surface area (Å²) in [5.74, 6) is 1.77. The molecule has 0 spiro atoms. The van der Waals surface area contributed by atoms with E-state index < -0.39 is 0 Å². The van der Waals surface area contributed by atoms with Gasteiger partial charge >= 0.3 is 0 Å². The van der Waals surface area contributed by atoms with Crippen LogP contribution in [0, 0.1) is 5.92 Å². The first-order valence-electron chi connectivity index (χ1n) is 6.81. The lowest BCUT2D eigenvalue weighted by atomic mass is 9.99. The molecule has 1 amide bonds. The van der Waals surface area contributed by atoms with Gasteiger partial charge in [0.1, 0.15) is 5.75 Å². The number of para-hydroxylation sites is 1. The van der Waals surface area contributed by atoms with Crippen molar-refractivity contribution in [1.82, 2.24) is 4.90 Å². The van der Waals surface area contributed by atoms with Crippen molar-refractivity contribution in [2.75, 3.05) is 25.0 Å². The predicted molar refractivity (Wildman–Crippen MR) is 79.7 cm³/mol. The van der Waals surface area contributed by atoms with E-state index >= 15 is 0 Å². The molecule has 4 heteroatoms. The Balaban J connectivity index is 1.67. The summed E-state index contributed by atoms with van der Waals surface area (Å²) in [6.45, 7) is 2.24. The number of amides is 1. The molecule has 0 atom stereocenters. The SMILES string of the molecule is O=C(CCOc1ccccc1)N1CCC(CBr)CC1. The van der Waals surface area contributed by atoms with E-state index in [0.29, 0.717) is 13.0 Å². The van der Waals surface area contributed by atoms with Crippen molar-refractivity contribution in [1.29, 1.82) is 0 Å². The summed E-state index contributed by atoms with van der Waals surface area (Å²) >= 11 is 3.51. The van der Waals surface area contributed by atoms with Gasteiger partial charge in [-0.05, 0) is 30.9 Å². The Bertz CT molecular complexity index is 388. The molecule has 0 aromatic heterocycles. The van der Waals surface area contributed by atoms with Gasteiger partial charge in [-0.15, -0.1) is 0 Å². The highest BCUT2D eigenvalue weighted by Gasteiger charge is 2.21. The van der Waals surface area contributed by atoms with Crippen molar-refractivity contribution in [2.24, 2.45) is 5.92 Å². The fourth-order valence-corrected chi connectivity index (χ4v) is 2.92. The Morgan fingerprint density at radius 3 is 2.58 bits per heavy atom. The van der Waals surface area contributed by atoms with Crippen LogP contribution >= 0.6 is 15.9 Å². The first kappa shape index (κ1) is 14.4. The molecule has 0 saturated carbocycles. The molecule has 19 heavy (non-hydrogen) atoms. The summed E-state index contributed by atoms with van der Waals surface area (Å²) in [7, 11) is 0. The quantitative estimate of drug-likeness (QED) is 0.778. The molecule has 1 saturated heterocycles. The third-order valence-corrected chi connectivity index (χ3v) is 4.43. The van der Waals surface area contributed by atoms with Gasteiger partial charge in [0.2, 0.25) is 5.91 Å². The largest absolute Gasteiger partial charge is 0.493 e. The second-order valence-corrected chi connectivity index (χ2v) is 5.54. The number of hydrogen-bond acceptors (Lipinski definition) is 2. The van der Waals surface area contributed by atoms with Crippen molar-refractivity contribution < 1.29 is 9.53 Å². The van der Waals surface area contributed by atoms with Gasteiger partial charge in [-0.25, -0.2) is 0 Å². The van der Waals surface area contributed by atoms with Crippen molar-refractivity contribution in [3.05, 3.63) is 30.3 Å². The van der Waals surface area contributed by atoms with Gasteiger partial charge in [0.05, 0.1) is 13.0 Å². The standard InChI is InChI=1S/C15H20BrNO2/c16-12-13-6-9-17(10-7-13)15(18)8-11-19-14-4-2-1-3-5-14/h1-5,13H,6-12H2. The molecule has 1 aromatic carbocycles. The van der Waals surface area contributed by atoms with Gasteiger partial charge in [-0.3, -0.25) is 4.79 Å². The second kappa shape index (κ2) is 7.53. The number of benzene rings is 1. The van der Waals surface area contributed by atoms with E-state index in [2.05, 4.69) is 15.9 Å². The highest BCUT2D eigenvalue weighted by Crippen LogP contribution is 2.19. The average molecular weight is 326 g/mol. The number of nitrogens with zero attached hydrogens (tertiary/aromatic N) is 1. The zero-order valence-electron chi connectivity index (χ0n) is 11.1. The van der Waals surface area contributed by atoms with Crippen molar-refractivity contribution in [2.45, 2.75) is 19.3 Å². The molecule has 0 radical (unpaired) electrons.